The van der Waals surface area contributed by atoms with Crippen LogP contribution in [0.5, 0.6) is 0 Å². The van der Waals surface area contributed by atoms with Gasteiger partial charge in [-0.05, 0) is 46.8 Å². The van der Waals surface area contributed by atoms with Crippen molar-refractivity contribution in [2.75, 3.05) is 36.6 Å². The molecular weight excluding hydrogens is 482 g/mol. The Kier molecular flexibility index (Phi) is 7.37. The number of likely N-dealkylation sites (N-methyl/N-ethyl adjacent to an activating group) is 1. The number of H-pyrrole nitrogens is 1. The maximum atomic E-state index is 13.0. The predicted molar refractivity (Wildman–Crippen MR) is 151 cm³/mol. The second-order valence-electron chi connectivity index (χ2n) is 9.43. The lowest BCUT2D eigenvalue weighted by Gasteiger charge is -2.32. The van der Waals surface area contributed by atoms with Crippen LogP contribution in [-0.2, 0) is 17.8 Å². The highest BCUT2D eigenvalue weighted by molar-refractivity contribution is 7.99. The van der Waals surface area contributed by atoms with Crippen LogP contribution in [0, 0.1) is 0 Å². The monoisotopic (exact) mass is 513 g/mol. The second kappa shape index (κ2) is 11.0. The van der Waals surface area contributed by atoms with E-state index in [1.165, 1.54) is 21.0 Å². The molecule has 190 valence electrons. The number of hydrogen-bond acceptors (Lipinski definition) is 4. The van der Waals surface area contributed by atoms with E-state index in [2.05, 4.69) is 63.0 Å². The van der Waals surface area contributed by atoms with Crippen molar-refractivity contribution in [2.45, 2.75) is 23.9 Å². The lowest BCUT2D eigenvalue weighted by atomic mass is 10.0. The molecule has 1 aliphatic rings. The molecule has 3 N–H and O–H groups in total. The van der Waals surface area contributed by atoms with Gasteiger partial charge in [0.1, 0.15) is 6.04 Å². The fraction of sp³-hybridized carbons (Fsp3) is 0.241. The molecule has 0 spiro atoms. The Labute approximate surface area is 221 Å². The number of aromatic nitrogens is 1. The van der Waals surface area contributed by atoms with Gasteiger partial charge < -0.3 is 25.4 Å². The smallest absolute Gasteiger partial charge is 0.319 e. The zero-order chi connectivity index (χ0) is 25.8. The number of aromatic amines is 1. The molecule has 0 radical (unpaired) electrons. The van der Waals surface area contributed by atoms with E-state index in [-0.39, 0.29) is 5.91 Å². The van der Waals surface area contributed by atoms with Crippen molar-refractivity contribution in [1.29, 1.82) is 0 Å². The molecule has 2 heterocycles. The van der Waals surface area contributed by atoms with Crippen LogP contribution in [0.2, 0.25) is 0 Å². The molecular formula is C29H31N5O2S. The molecule has 1 atom stereocenters. The summed E-state index contributed by atoms with van der Waals surface area (Å²) >= 11 is 1.86. The summed E-state index contributed by atoms with van der Waals surface area (Å²) in [6.07, 6.45) is 2.26. The van der Waals surface area contributed by atoms with Crippen molar-refractivity contribution in [3.8, 4) is 0 Å². The third kappa shape index (κ3) is 5.91. The van der Waals surface area contributed by atoms with Crippen LogP contribution in [0.25, 0.3) is 10.9 Å². The van der Waals surface area contributed by atoms with E-state index >= 15 is 0 Å². The van der Waals surface area contributed by atoms with Crippen LogP contribution in [-0.4, -0.2) is 54.3 Å². The number of nitrogens with zero attached hydrogens (tertiary/aromatic N) is 2. The second-order valence-corrected chi connectivity index (χ2v) is 10.6. The molecule has 4 aromatic rings. The quantitative estimate of drug-likeness (QED) is 0.321. The molecule has 0 bridgehead atoms. The van der Waals surface area contributed by atoms with Crippen molar-refractivity contribution < 1.29 is 9.59 Å². The molecule has 0 saturated carbocycles. The topological polar surface area (TPSA) is 80.5 Å². The zero-order valence-corrected chi connectivity index (χ0v) is 21.8. The highest BCUT2D eigenvalue weighted by Gasteiger charge is 2.25. The molecule has 5 rings (SSSR count). The fourth-order valence-electron chi connectivity index (χ4n) is 4.61. The number of benzene rings is 3. The van der Waals surface area contributed by atoms with E-state index in [9.17, 15) is 9.59 Å². The normalized spacial score (nSPS) is 13.6. The first-order chi connectivity index (χ1) is 18.0. The molecule has 3 amide bonds. The number of anilines is 2. The van der Waals surface area contributed by atoms with E-state index < -0.39 is 12.1 Å². The number of fused-ring (bicyclic) bond motifs is 2. The average molecular weight is 514 g/mol. The maximum Gasteiger partial charge on any atom is 0.319 e. The standard InChI is InChI=1S/C29H31N5O2S/c1-33(2)28(35)25(32-29(36)31-23-10-9-22-12-13-30-24(22)18-23)16-21-8-11-27-26(17-21)34(14-15-37-27)19-20-6-4-3-5-7-20/h3-13,17-18,25,30H,14-16,19H2,1-2H3,(H2,31,32,36). The van der Waals surface area contributed by atoms with Gasteiger partial charge in [-0.25, -0.2) is 4.79 Å². The third-order valence-electron chi connectivity index (χ3n) is 6.50. The molecule has 0 aliphatic carbocycles. The van der Waals surface area contributed by atoms with Crippen LogP contribution in [0.4, 0.5) is 16.2 Å². The van der Waals surface area contributed by atoms with Gasteiger partial charge in [0.2, 0.25) is 5.91 Å². The highest BCUT2D eigenvalue weighted by Crippen LogP contribution is 2.36. The van der Waals surface area contributed by atoms with Gasteiger partial charge in [0.15, 0.2) is 0 Å². The lowest BCUT2D eigenvalue weighted by molar-refractivity contribution is -0.130. The first-order valence-electron chi connectivity index (χ1n) is 12.4. The molecule has 1 aromatic heterocycles. The Morgan fingerprint density at radius 2 is 1.86 bits per heavy atom. The van der Waals surface area contributed by atoms with Gasteiger partial charge in [-0.3, -0.25) is 4.79 Å². The summed E-state index contributed by atoms with van der Waals surface area (Å²) in [4.78, 5) is 34.2. The molecule has 0 fully saturated rings. The number of urea groups is 1. The van der Waals surface area contributed by atoms with Gasteiger partial charge in [-0.2, -0.15) is 0 Å². The molecule has 3 aromatic carbocycles. The predicted octanol–water partition coefficient (Wildman–Crippen LogP) is 5.10. The Morgan fingerprint density at radius 3 is 2.68 bits per heavy atom. The minimum absolute atomic E-state index is 0.150. The van der Waals surface area contributed by atoms with Gasteiger partial charge in [-0.1, -0.05) is 42.5 Å². The number of thioether (sulfide) groups is 1. The Hall–Kier alpha value is -3.91. The van der Waals surface area contributed by atoms with Gasteiger partial charge in [0, 0.05) is 61.7 Å². The van der Waals surface area contributed by atoms with E-state index in [1.807, 2.05) is 48.3 Å². The third-order valence-corrected chi connectivity index (χ3v) is 7.54. The lowest BCUT2D eigenvalue weighted by Crippen LogP contribution is -2.48. The van der Waals surface area contributed by atoms with E-state index in [0.717, 1.165) is 35.3 Å². The number of carbonyl (C=O) groups excluding carboxylic acids is 2. The summed E-state index contributed by atoms with van der Waals surface area (Å²) in [5.41, 5.74) is 5.05. The van der Waals surface area contributed by atoms with Crippen LogP contribution in [0.15, 0.2) is 83.9 Å². The molecule has 1 unspecified atom stereocenters. The Morgan fingerprint density at radius 1 is 1.03 bits per heavy atom. The van der Waals surface area contributed by atoms with E-state index in [1.54, 1.807) is 14.1 Å². The van der Waals surface area contributed by atoms with Crippen molar-refractivity contribution >= 4 is 46.0 Å². The largest absolute Gasteiger partial charge is 0.365 e. The fourth-order valence-corrected chi connectivity index (χ4v) is 5.64. The molecule has 7 nitrogen and oxygen atoms in total. The van der Waals surface area contributed by atoms with Gasteiger partial charge >= 0.3 is 6.03 Å². The van der Waals surface area contributed by atoms with Gasteiger partial charge in [-0.15, -0.1) is 11.8 Å². The number of carbonyl (C=O) groups is 2. The zero-order valence-electron chi connectivity index (χ0n) is 21.0. The molecule has 0 saturated heterocycles. The number of rotatable bonds is 7. The summed E-state index contributed by atoms with van der Waals surface area (Å²) in [6, 6.07) is 23.4. The summed E-state index contributed by atoms with van der Waals surface area (Å²) in [7, 11) is 3.42. The maximum absolute atomic E-state index is 13.0. The number of amides is 3. The van der Waals surface area contributed by atoms with Crippen molar-refractivity contribution in [2.24, 2.45) is 0 Å². The van der Waals surface area contributed by atoms with E-state index in [4.69, 9.17) is 0 Å². The van der Waals surface area contributed by atoms with Crippen LogP contribution in [0.1, 0.15) is 11.1 Å². The van der Waals surface area contributed by atoms with Crippen molar-refractivity contribution in [3.05, 3.63) is 90.1 Å². The Balaban J connectivity index is 1.32. The van der Waals surface area contributed by atoms with Crippen molar-refractivity contribution in [1.82, 2.24) is 15.2 Å². The van der Waals surface area contributed by atoms with Gasteiger partial charge in [0.25, 0.3) is 0 Å². The minimum atomic E-state index is -0.693. The summed E-state index contributed by atoms with van der Waals surface area (Å²) in [5, 5.41) is 6.83. The van der Waals surface area contributed by atoms with Gasteiger partial charge in [0.05, 0.1) is 5.69 Å². The first kappa shape index (κ1) is 24.8. The average Bonchev–Trinajstić information content (AvgIpc) is 3.37. The highest BCUT2D eigenvalue weighted by atomic mass is 32.2. The summed E-state index contributed by atoms with van der Waals surface area (Å²) in [5.74, 6) is 0.889. The Bertz CT molecular complexity index is 1400. The number of nitrogens with one attached hydrogen (secondary N) is 3. The molecule has 8 heteroatoms. The summed E-state index contributed by atoms with van der Waals surface area (Å²) < 4.78 is 0. The first-order valence-corrected chi connectivity index (χ1v) is 13.4. The van der Waals surface area contributed by atoms with Crippen molar-refractivity contribution in [3.63, 3.8) is 0 Å². The summed E-state index contributed by atoms with van der Waals surface area (Å²) in [6.45, 7) is 1.80. The van der Waals surface area contributed by atoms with E-state index in [0.29, 0.717) is 12.1 Å². The molecule has 1 aliphatic heterocycles. The van der Waals surface area contributed by atoms with Crippen LogP contribution >= 0.6 is 11.8 Å². The number of hydrogen-bond donors (Lipinski definition) is 3. The minimum Gasteiger partial charge on any atom is -0.365 e. The van der Waals surface area contributed by atoms with Crippen LogP contribution in [0.3, 0.4) is 0 Å². The molecule has 37 heavy (non-hydrogen) atoms. The van der Waals surface area contributed by atoms with Crippen LogP contribution < -0.4 is 15.5 Å². The SMILES string of the molecule is CN(C)C(=O)C(Cc1ccc2c(c1)N(Cc1ccccc1)CCS2)NC(=O)Nc1ccc2cc[nH]c2c1.